The molecule has 1 atom stereocenters. The molecule has 0 saturated carbocycles. The summed E-state index contributed by atoms with van der Waals surface area (Å²) in [6.07, 6.45) is 4.02. The van der Waals surface area contributed by atoms with Gasteiger partial charge in [0.2, 0.25) is 0 Å². The van der Waals surface area contributed by atoms with E-state index in [-0.39, 0.29) is 5.78 Å². The highest BCUT2D eigenvalue weighted by molar-refractivity contribution is 5.75. The lowest BCUT2D eigenvalue weighted by molar-refractivity contribution is -0.117. The molecule has 10 heavy (non-hydrogen) atoms. The van der Waals surface area contributed by atoms with E-state index in [2.05, 4.69) is 0 Å². The van der Waals surface area contributed by atoms with Crippen LogP contribution in [0.4, 0.5) is 0 Å². The Morgan fingerprint density at radius 2 is 2.30 bits per heavy atom. The summed E-state index contributed by atoms with van der Waals surface area (Å²) in [5.41, 5.74) is 0. The standard InChI is InChI=1S/C8H14O2/c1-3-4-8(10)6-5-7(2)9/h3-4,8,10H,5-6H2,1-2H3/b4-3+. The van der Waals surface area contributed by atoms with Gasteiger partial charge in [-0.1, -0.05) is 12.2 Å². The fourth-order valence-corrected chi connectivity index (χ4v) is 0.670. The molecule has 1 unspecified atom stereocenters. The Balaban J connectivity index is 3.39. The smallest absolute Gasteiger partial charge is 0.129 e. The van der Waals surface area contributed by atoms with Crippen LogP contribution in [0.3, 0.4) is 0 Å². The number of Topliss-reactive ketones (excluding diaryl/α,β-unsaturated/α-hetero) is 1. The van der Waals surface area contributed by atoms with Crippen LogP contribution in [0.25, 0.3) is 0 Å². The Morgan fingerprint density at radius 3 is 2.70 bits per heavy atom. The quantitative estimate of drug-likeness (QED) is 0.600. The summed E-state index contributed by atoms with van der Waals surface area (Å²) < 4.78 is 0. The van der Waals surface area contributed by atoms with E-state index < -0.39 is 6.10 Å². The average molecular weight is 142 g/mol. The lowest BCUT2D eigenvalue weighted by Gasteiger charge is -2.01. The molecule has 0 aromatic carbocycles. The van der Waals surface area contributed by atoms with Crippen molar-refractivity contribution in [2.45, 2.75) is 32.8 Å². The molecule has 0 aromatic rings. The van der Waals surface area contributed by atoms with E-state index in [0.29, 0.717) is 12.8 Å². The van der Waals surface area contributed by atoms with Crippen LogP contribution in [0.1, 0.15) is 26.7 Å². The Labute approximate surface area is 61.6 Å². The van der Waals surface area contributed by atoms with Gasteiger partial charge in [-0.05, 0) is 20.3 Å². The third-order valence-corrected chi connectivity index (χ3v) is 1.21. The van der Waals surface area contributed by atoms with Crippen molar-refractivity contribution in [3.05, 3.63) is 12.2 Å². The number of aliphatic hydroxyl groups is 1. The summed E-state index contributed by atoms with van der Waals surface area (Å²) in [5.74, 6) is 0.128. The molecule has 1 N–H and O–H groups in total. The molecular formula is C8H14O2. The van der Waals surface area contributed by atoms with Crippen molar-refractivity contribution in [1.82, 2.24) is 0 Å². The molecule has 0 aromatic heterocycles. The molecule has 0 spiro atoms. The Morgan fingerprint density at radius 1 is 1.70 bits per heavy atom. The summed E-state index contributed by atoms with van der Waals surface area (Å²) in [6.45, 7) is 3.37. The van der Waals surface area contributed by atoms with Gasteiger partial charge in [0.05, 0.1) is 6.10 Å². The van der Waals surface area contributed by atoms with Crippen molar-refractivity contribution in [2.24, 2.45) is 0 Å². The number of carbonyl (C=O) groups excluding carboxylic acids is 1. The third kappa shape index (κ3) is 5.51. The van der Waals surface area contributed by atoms with Crippen molar-refractivity contribution in [1.29, 1.82) is 0 Å². The molecule has 2 heteroatoms. The second kappa shape index (κ2) is 5.18. The van der Waals surface area contributed by atoms with E-state index in [9.17, 15) is 4.79 Å². The van der Waals surface area contributed by atoms with Gasteiger partial charge in [-0.3, -0.25) is 0 Å². The molecule has 2 nitrogen and oxygen atoms in total. The molecule has 0 rings (SSSR count). The molecular weight excluding hydrogens is 128 g/mol. The largest absolute Gasteiger partial charge is 0.389 e. The van der Waals surface area contributed by atoms with Crippen LogP contribution in [0.15, 0.2) is 12.2 Å². The zero-order valence-electron chi connectivity index (χ0n) is 6.50. The number of rotatable bonds is 4. The SMILES string of the molecule is C/C=C/C(O)CCC(C)=O. The molecule has 0 aliphatic carbocycles. The molecule has 0 bridgehead atoms. The molecule has 0 radical (unpaired) electrons. The van der Waals surface area contributed by atoms with Crippen LogP contribution >= 0.6 is 0 Å². The Kier molecular flexibility index (Phi) is 4.85. The van der Waals surface area contributed by atoms with Gasteiger partial charge in [-0.2, -0.15) is 0 Å². The van der Waals surface area contributed by atoms with Crippen molar-refractivity contribution in [3.8, 4) is 0 Å². The van der Waals surface area contributed by atoms with Crippen molar-refractivity contribution < 1.29 is 9.90 Å². The topological polar surface area (TPSA) is 37.3 Å². The van der Waals surface area contributed by atoms with Gasteiger partial charge in [0, 0.05) is 6.42 Å². The van der Waals surface area contributed by atoms with E-state index in [0.717, 1.165) is 0 Å². The minimum Gasteiger partial charge on any atom is -0.389 e. The number of ketones is 1. The number of carbonyl (C=O) groups is 1. The first-order valence-corrected chi connectivity index (χ1v) is 3.47. The van der Waals surface area contributed by atoms with Gasteiger partial charge in [0.1, 0.15) is 5.78 Å². The molecule has 0 heterocycles. The Hall–Kier alpha value is -0.630. The second-order valence-electron chi connectivity index (χ2n) is 2.33. The third-order valence-electron chi connectivity index (χ3n) is 1.21. The van der Waals surface area contributed by atoms with Crippen LogP contribution in [-0.2, 0) is 4.79 Å². The molecule has 0 amide bonds. The molecule has 0 fully saturated rings. The summed E-state index contributed by atoms with van der Waals surface area (Å²) in [4.78, 5) is 10.4. The Bertz CT molecular complexity index is 127. The summed E-state index contributed by atoms with van der Waals surface area (Å²) >= 11 is 0. The number of aliphatic hydroxyl groups excluding tert-OH is 1. The first kappa shape index (κ1) is 9.37. The van der Waals surface area contributed by atoms with Gasteiger partial charge < -0.3 is 9.90 Å². The zero-order chi connectivity index (χ0) is 7.98. The van der Waals surface area contributed by atoms with E-state index in [4.69, 9.17) is 5.11 Å². The summed E-state index contributed by atoms with van der Waals surface area (Å²) in [6, 6.07) is 0. The predicted octanol–water partition coefficient (Wildman–Crippen LogP) is 1.29. The molecule has 0 saturated heterocycles. The first-order valence-electron chi connectivity index (χ1n) is 3.47. The van der Waals surface area contributed by atoms with Crippen LogP contribution in [-0.4, -0.2) is 17.0 Å². The number of allylic oxidation sites excluding steroid dienone is 1. The summed E-state index contributed by atoms with van der Waals surface area (Å²) in [7, 11) is 0. The molecule has 0 aliphatic heterocycles. The van der Waals surface area contributed by atoms with Crippen LogP contribution in [0.5, 0.6) is 0 Å². The van der Waals surface area contributed by atoms with Gasteiger partial charge in [0.25, 0.3) is 0 Å². The minimum absolute atomic E-state index is 0.128. The second-order valence-corrected chi connectivity index (χ2v) is 2.33. The van der Waals surface area contributed by atoms with E-state index in [1.54, 1.807) is 12.2 Å². The number of hydrogen-bond acceptors (Lipinski definition) is 2. The predicted molar refractivity (Wildman–Crippen MR) is 40.7 cm³/mol. The lowest BCUT2D eigenvalue weighted by Crippen LogP contribution is -2.04. The zero-order valence-corrected chi connectivity index (χ0v) is 6.50. The van der Waals surface area contributed by atoms with E-state index in [1.807, 2.05) is 6.92 Å². The molecule has 58 valence electrons. The van der Waals surface area contributed by atoms with Gasteiger partial charge in [0.15, 0.2) is 0 Å². The highest BCUT2D eigenvalue weighted by atomic mass is 16.3. The maximum Gasteiger partial charge on any atom is 0.129 e. The van der Waals surface area contributed by atoms with Gasteiger partial charge in [-0.15, -0.1) is 0 Å². The van der Waals surface area contributed by atoms with Crippen LogP contribution < -0.4 is 0 Å². The van der Waals surface area contributed by atoms with Gasteiger partial charge >= 0.3 is 0 Å². The highest BCUT2D eigenvalue weighted by Gasteiger charge is 1.99. The minimum atomic E-state index is -0.450. The number of hydrogen-bond donors (Lipinski definition) is 1. The maximum atomic E-state index is 10.4. The highest BCUT2D eigenvalue weighted by Crippen LogP contribution is 1.98. The first-order chi connectivity index (χ1) is 4.66. The van der Waals surface area contributed by atoms with Crippen molar-refractivity contribution >= 4 is 5.78 Å². The maximum absolute atomic E-state index is 10.4. The van der Waals surface area contributed by atoms with E-state index >= 15 is 0 Å². The lowest BCUT2D eigenvalue weighted by atomic mass is 10.1. The average Bonchev–Trinajstić information content (AvgIpc) is 1.85. The van der Waals surface area contributed by atoms with Crippen molar-refractivity contribution in [2.75, 3.05) is 0 Å². The fraction of sp³-hybridized carbons (Fsp3) is 0.625. The normalized spacial score (nSPS) is 13.9. The fourth-order valence-electron chi connectivity index (χ4n) is 0.670. The van der Waals surface area contributed by atoms with Gasteiger partial charge in [-0.25, -0.2) is 0 Å². The van der Waals surface area contributed by atoms with Crippen molar-refractivity contribution in [3.63, 3.8) is 0 Å². The molecule has 0 aliphatic rings. The van der Waals surface area contributed by atoms with E-state index in [1.165, 1.54) is 6.92 Å². The van der Waals surface area contributed by atoms with Crippen LogP contribution in [0, 0.1) is 0 Å². The summed E-state index contributed by atoms with van der Waals surface area (Å²) in [5, 5.41) is 9.06. The monoisotopic (exact) mass is 142 g/mol. The van der Waals surface area contributed by atoms with Crippen LogP contribution in [0.2, 0.25) is 0 Å².